The third kappa shape index (κ3) is 94.5. The summed E-state index contributed by atoms with van der Waals surface area (Å²) in [6, 6.07) is 0. The Kier molecular flexibility index (Phi) is 105. The maximum absolute atomic E-state index is 2.64. The van der Waals surface area contributed by atoms with Crippen LogP contribution in [0.15, 0.2) is 0 Å². The summed E-state index contributed by atoms with van der Waals surface area (Å²) < 4.78 is 0. The Morgan fingerprint density at radius 2 is 0.420 bits per heavy atom. The molecule has 0 aromatic heterocycles. The molecule has 0 spiro atoms. The van der Waals surface area contributed by atoms with Crippen LogP contribution in [0.2, 0.25) is 0 Å². The molecule has 0 saturated heterocycles. The Morgan fingerprint density at radius 3 is 0.696 bits per heavy atom. The molecule has 0 aromatic rings. The number of hydrogen-bond donors (Lipinski definition) is 0. The van der Waals surface area contributed by atoms with Gasteiger partial charge in [-0.1, -0.05) is 390 Å². The van der Waals surface area contributed by atoms with Crippen molar-refractivity contribution in [2.75, 3.05) is 0 Å². The third-order valence-corrected chi connectivity index (χ3v) is 12.4. The van der Waals surface area contributed by atoms with Gasteiger partial charge in [0, 0.05) is 0 Å². The molecule has 2 aliphatic rings. The SMILES string of the molecule is CC.CC1CCCC2CCCCCCCCCCCCCCCCCCC(CCC(C)CC(C)CCC2)C(C)CCCC(C)C1.CCC.CCC.CCC.CCC.CCC.CCC.CCC.CCC. The lowest BCUT2D eigenvalue weighted by molar-refractivity contribution is 0.245. The molecule has 0 aromatic carbocycles. The summed E-state index contributed by atoms with van der Waals surface area (Å²) in [5, 5.41) is 0. The van der Waals surface area contributed by atoms with Gasteiger partial charge in [0.25, 0.3) is 0 Å². The molecule has 7 atom stereocenters. The fraction of sp³-hybridized carbons (Fsp3) is 1.00. The lowest BCUT2D eigenvalue weighted by Crippen LogP contribution is -2.15. The molecule has 2 fully saturated rings. The van der Waals surface area contributed by atoms with E-state index in [9.17, 15) is 0 Å². The molecule has 0 nitrogen and oxygen atoms in total. The minimum Gasteiger partial charge on any atom is -0.0683 e. The molecule has 0 amide bonds. The maximum Gasteiger partial charge on any atom is -0.0388 e. The molecule has 7 unspecified atom stereocenters. The van der Waals surface area contributed by atoms with E-state index in [1.54, 1.807) is 0 Å². The summed E-state index contributed by atoms with van der Waals surface area (Å²) >= 11 is 0. The van der Waals surface area contributed by atoms with Crippen molar-refractivity contribution in [3.8, 4) is 0 Å². The van der Waals surface area contributed by atoms with Gasteiger partial charge in [-0.25, -0.2) is 0 Å². The Bertz CT molecular complexity index is 675. The molecule has 2 aliphatic carbocycles. The Labute approximate surface area is 449 Å². The van der Waals surface area contributed by atoms with Crippen molar-refractivity contribution in [3.05, 3.63) is 0 Å². The first-order valence-electron chi connectivity index (χ1n) is 33.2. The van der Waals surface area contributed by atoms with E-state index in [1.165, 1.54) is 250 Å². The van der Waals surface area contributed by atoms with Crippen LogP contribution in [0.1, 0.15) is 410 Å². The van der Waals surface area contributed by atoms with Gasteiger partial charge in [0.2, 0.25) is 0 Å². The first-order chi connectivity index (χ1) is 33.2. The monoisotopic (exact) mass is 983 g/mol. The van der Waals surface area contributed by atoms with E-state index in [0.29, 0.717) is 0 Å². The zero-order valence-corrected chi connectivity index (χ0v) is 54.6. The van der Waals surface area contributed by atoms with Gasteiger partial charge in [-0.2, -0.15) is 0 Å². The van der Waals surface area contributed by atoms with Crippen LogP contribution >= 0.6 is 0 Å². The Balaban J connectivity index is -0.000000198. The van der Waals surface area contributed by atoms with Crippen LogP contribution < -0.4 is 0 Å². The summed E-state index contributed by atoms with van der Waals surface area (Å²) in [5.41, 5.74) is 0. The number of rotatable bonds is 0. The van der Waals surface area contributed by atoms with Gasteiger partial charge < -0.3 is 0 Å². The van der Waals surface area contributed by atoms with Crippen molar-refractivity contribution in [1.29, 1.82) is 0 Å². The van der Waals surface area contributed by atoms with E-state index in [2.05, 4.69) is 145 Å². The van der Waals surface area contributed by atoms with Crippen LogP contribution in [0.3, 0.4) is 0 Å². The van der Waals surface area contributed by atoms with Gasteiger partial charge in [0.15, 0.2) is 0 Å². The fourth-order valence-electron chi connectivity index (χ4n) is 9.34. The van der Waals surface area contributed by atoms with Crippen molar-refractivity contribution < 1.29 is 0 Å². The zero-order chi connectivity index (χ0) is 54.6. The number of fused-ring (bicyclic) bond motifs is 9. The lowest BCUT2D eigenvalue weighted by atomic mass is 9.79. The van der Waals surface area contributed by atoms with Crippen molar-refractivity contribution >= 4 is 0 Å². The van der Waals surface area contributed by atoms with E-state index in [4.69, 9.17) is 0 Å². The van der Waals surface area contributed by atoms with E-state index < -0.39 is 0 Å². The zero-order valence-electron chi connectivity index (χ0n) is 54.6. The molecule has 0 N–H and O–H groups in total. The van der Waals surface area contributed by atoms with Crippen molar-refractivity contribution in [3.63, 3.8) is 0 Å². The van der Waals surface area contributed by atoms with Crippen molar-refractivity contribution in [2.24, 2.45) is 41.4 Å². The smallest absolute Gasteiger partial charge is 0.0388 e. The van der Waals surface area contributed by atoms with Gasteiger partial charge in [0.1, 0.15) is 0 Å². The molecule has 69 heavy (non-hydrogen) atoms. The molecule has 0 radical (unpaired) electrons. The highest BCUT2D eigenvalue weighted by Gasteiger charge is 2.20. The first kappa shape index (κ1) is 85.7. The summed E-state index contributed by atoms with van der Waals surface area (Å²) in [6.45, 7) is 51.0. The third-order valence-electron chi connectivity index (χ3n) is 12.4. The summed E-state index contributed by atoms with van der Waals surface area (Å²) in [4.78, 5) is 0. The average molecular weight is 984 g/mol. The van der Waals surface area contributed by atoms with E-state index in [-0.39, 0.29) is 0 Å². The van der Waals surface area contributed by atoms with Crippen LogP contribution in [0.4, 0.5) is 0 Å². The lowest BCUT2D eigenvalue weighted by Gasteiger charge is -2.27. The summed E-state index contributed by atoms with van der Waals surface area (Å²) in [5.74, 6) is 6.60. The minimum absolute atomic E-state index is 0.916. The van der Waals surface area contributed by atoms with Crippen LogP contribution in [0, 0.1) is 41.4 Å². The molecule has 2 bridgehead atoms. The maximum atomic E-state index is 2.64. The van der Waals surface area contributed by atoms with E-state index >= 15 is 0 Å². The molecular weight excluding hydrogens is 829 g/mol. The van der Waals surface area contributed by atoms with E-state index in [0.717, 1.165) is 41.4 Å². The largest absolute Gasteiger partial charge is 0.0683 e. The number of hydrogen-bond acceptors (Lipinski definition) is 0. The summed E-state index contributed by atoms with van der Waals surface area (Å²) in [6.07, 6.45) is 56.3. The molecule has 0 aliphatic heterocycles. The van der Waals surface area contributed by atoms with E-state index in [1.807, 2.05) is 13.8 Å². The quantitative estimate of drug-likeness (QED) is 0.227. The average Bonchev–Trinajstić information content (AvgIpc) is 3.29. The van der Waals surface area contributed by atoms with Crippen molar-refractivity contribution in [1.82, 2.24) is 0 Å². The topological polar surface area (TPSA) is 0 Å². The van der Waals surface area contributed by atoms with Crippen LogP contribution in [0.5, 0.6) is 0 Å². The van der Waals surface area contributed by atoms with Gasteiger partial charge in [-0.05, 0) is 60.7 Å². The molecule has 2 saturated carbocycles. The molecular formula is C69H154. The first-order valence-corrected chi connectivity index (χ1v) is 33.2. The molecule has 430 valence electrons. The van der Waals surface area contributed by atoms with Crippen molar-refractivity contribution in [2.45, 2.75) is 410 Å². The van der Waals surface area contributed by atoms with Crippen LogP contribution in [0.25, 0.3) is 0 Å². The van der Waals surface area contributed by atoms with Gasteiger partial charge >= 0.3 is 0 Å². The second-order valence-corrected chi connectivity index (χ2v) is 22.8. The normalized spacial score (nSPS) is 24.1. The second kappa shape index (κ2) is 84.8. The molecule has 0 heteroatoms. The standard InChI is InChI=1S/C43H84.8C3H8.C2H6/c1-37-25-22-28-41(5)43-32-21-19-17-15-13-11-9-7-6-8-10-12-14-16-18-20-29-42(30-23-26-38(2)35-37)31-24-27-39(3)36-40(4)33-34-43;8*1-3-2;1-2/h37-43H,6-36H2,1-5H3;8*3H2,1-2H3;1-2H3. The predicted molar refractivity (Wildman–Crippen MR) is 335 cm³/mol. The van der Waals surface area contributed by atoms with Crippen LogP contribution in [-0.2, 0) is 0 Å². The highest BCUT2D eigenvalue weighted by molar-refractivity contribution is 4.72. The Hall–Kier alpha value is 0. The van der Waals surface area contributed by atoms with Gasteiger partial charge in [-0.3, -0.25) is 0 Å². The van der Waals surface area contributed by atoms with Crippen LogP contribution in [-0.4, -0.2) is 0 Å². The second-order valence-electron chi connectivity index (χ2n) is 22.8. The highest BCUT2D eigenvalue weighted by atomic mass is 14.3. The Morgan fingerprint density at radius 1 is 0.217 bits per heavy atom. The fourth-order valence-corrected chi connectivity index (χ4v) is 9.34. The predicted octanol–water partition coefficient (Wildman–Crippen LogP) is 27.9. The molecule has 2 rings (SSSR count). The highest BCUT2D eigenvalue weighted by Crippen LogP contribution is 2.34. The summed E-state index contributed by atoms with van der Waals surface area (Å²) in [7, 11) is 0. The van der Waals surface area contributed by atoms with Gasteiger partial charge in [-0.15, -0.1) is 0 Å². The molecule has 0 heterocycles. The van der Waals surface area contributed by atoms with Gasteiger partial charge in [0.05, 0.1) is 0 Å². The minimum atomic E-state index is 0.916.